The minimum Gasteiger partial charge on any atom is -0.465 e. The van der Waals surface area contributed by atoms with Crippen LogP contribution in [0.25, 0.3) is 6.08 Å². The Kier molecular flexibility index (Phi) is 7.00. The van der Waals surface area contributed by atoms with Gasteiger partial charge < -0.3 is 14.5 Å². The molecule has 0 aromatic carbocycles. The number of ether oxygens (including phenoxy) is 1. The van der Waals surface area contributed by atoms with Crippen LogP contribution in [0.2, 0.25) is 0 Å². The number of nitrogens with one attached hydrogen (secondary N) is 2. The van der Waals surface area contributed by atoms with E-state index in [9.17, 15) is 9.59 Å². The molecule has 2 heterocycles. The van der Waals surface area contributed by atoms with Gasteiger partial charge in [-0.15, -0.1) is 11.3 Å². The number of furan rings is 1. The van der Waals surface area contributed by atoms with Crippen molar-refractivity contribution in [2.24, 2.45) is 0 Å². The molecule has 2 aromatic heterocycles. The first kappa shape index (κ1) is 20.3. The highest BCUT2D eigenvalue weighted by Crippen LogP contribution is 2.37. The van der Waals surface area contributed by atoms with E-state index >= 15 is 0 Å². The number of carbonyl (C=O) groups is 2. The molecule has 0 bridgehead atoms. The number of hydrogen-bond donors (Lipinski definition) is 2. The Labute approximate surface area is 173 Å². The molecule has 0 saturated heterocycles. The highest BCUT2D eigenvalue weighted by molar-refractivity contribution is 7.80. The molecule has 1 amide bonds. The van der Waals surface area contributed by atoms with Crippen LogP contribution in [0, 0.1) is 0 Å². The Bertz CT molecular complexity index is 884. The van der Waals surface area contributed by atoms with Gasteiger partial charge in [-0.2, -0.15) is 0 Å². The zero-order valence-electron chi connectivity index (χ0n) is 15.6. The third kappa shape index (κ3) is 5.08. The van der Waals surface area contributed by atoms with Crippen molar-refractivity contribution in [3.8, 4) is 0 Å². The van der Waals surface area contributed by atoms with Crippen LogP contribution in [0.3, 0.4) is 0 Å². The minimum atomic E-state index is -0.386. The summed E-state index contributed by atoms with van der Waals surface area (Å²) in [5.74, 6) is -0.198. The van der Waals surface area contributed by atoms with Crippen LogP contribution in [-0.2, 0) is 22.4 Å². The molecule has 1 aliphatic rings. The lowest BCUT2D eigenvalue weighted by molar-refractivity contribution is -0.115. The van der Waals surface area contributed by atoms with E-state index in [2.05, 4.69) is 10.6 Å². The van der Waals surface area contributed by atoms with Gasteiger partial charge in [0.2, 0.25) is 5.91 Å². The first-order chi connectivity index (χ1) is 13.6. The number of methoxy groups -OCH3 is 1. The summed E-state index contributed by atoms with van der Waals surface area (Å²) < 4.78 is 10.1. The highest BCUT2D eigenvalue weighted by Gasteiger charge is 2.25. The van der Waals surface area contributed by atoms with Gasteiger partial charge >= 0.3 is 5.97 Å². The molecule has 0 aliphatic heterocycles. The molecule has 0 spiro atoms. The van der Waals surface area contributed by atoms with Gasteiger partial charge in [0.15, 0.2) is 5.11 Å². The lowest BCUT2D eigenvalue weighted by Crippen LogP contribution is -2.33. The summed E-state index contributed by atoms with van der Waals surface area (Å²) in [6.45, 7) is 0. The Morgan fingerprint density at radius 3 is 2.75 bits per heavy atom. The number of rotatable bonds is 4. The van der Waals surface area contributed by atoms with Crippen LogP contribution in [0.15, 0.2) is 28.9 Å². The van der Waals surface area contributed by atoms with Crippen LogP contribution >= 0.6 is 23.6 Å². The van der Waals surface area contributed by atoms with Crippen molar-refractivity contribution in [2.45, 2.75) is 38.5 Å². The summed E-state index contributed by atoms with van der Waals surface area (Å²) in [5.41, 5.74) is 1.58. The number of amides is 1. The van der Waals surface area contributed by atoms with Crippen molar-refractivity contribution in [3.05, 3.63) is 46.2 Å². The first-order valence-corrected chi connectivity index (χ1v) is 10.4. The SMILES string of the molecule is COC(=O)c1c(NC(=S)NC(=O)/C=C\c2ccco2)sc2c1CCCCCC2. The number of thiophene rings is 1. The molecule has 28 heavy (non-hydrogen) atoms. The van der Waals surface area contributed by atoms with Crippen LogP contribution in [0.1, 0.15) is 52.2 Å². The predicted octanol–water partition coefficient (Wildman–Crippen LogP) is 4.31. The average Bonchev–Trinajstić information content (AvgIpc) is 3.27. The molecule has 0 atom stereocenters. The minimum absolute atomic E-state index is 0.133. The van der Waals surface area contributed by atoms with Gasteiger partial charge in [0.1, 0.15) is 10.8 Å². The zero-order chi connectivity index (χ0) is 19.9. The number of carbonyl (C=O) groups excluding carboxylic acids is 2. The van der Waals surface area contributed by atoms with E-state index in [-0.39, 0.29) is 17.0 Å². The Morgan fingerprint density at radius 1 is 1.25 bits per heavy atom. The summed E-state index contributed by atoms with van der Waals surface area (Å²) in [5, 5.41) is 6.35. The Morgan fingerprint density at radius 2 is 2.04 bits per heavy atom. The molecule has 148 valence electrons. The lowest BCUT2D eigenvalue weighted by atomic mass is 9.96. The summed E-state index contributed by atoms with van der Waals surface area (Å²) in [4.78, 5) is 25.6. The molecule has 0 saturated carbocycles. The van der Waals surface area contributed by atoms with Gasteiger partial charge in [-0.3, -0.25) is 10.1 Å². The number of aryl methyl sites for hydroxylation is 1. The normalized spacial score (nSPS) is 14.0. The van der Waals surface area contributed by atoms with Crippen molar-refractivity contribution < 1.29 is 18.7 Å². The number of fused-ring (bicyclic) bond motifs is 1. The highest BCUT2D eigenvalue weighted by atomic mass is 32.1. The number of anilines is 1. The molecule has 2 aromatic rings. The standard InChI is InChI=1S/C20H22N2O4S2/c1-25-19(24)17-14-8-4-2-3-5-9-15(14)28-18(17)22-20(27)21-16(23)11-10-13-7-6-12-26-13/h6-7,10-12H,2-5,8-9H2,1H3,(H2,21,22,23,27)/b11-10-. The maximum Gasteiger partial charge on any atom is 0.341 e. The topological polar surface area (TPSA) is 80.6 Å². The molecule has 0 fully saturated rings. The van der Waals surface area contributed by atoms with Crippen molar-refractivity contribution in [3.63, 3.8) is 0 Å². The number of hydrogen-bond acceptors (Lipinski definition) is 6. The first-order valence-electron chi connectivity index (χ1n) is 9.15. The molecule has 6 nitrogen and oxygen atoms in total. The summed E-state index contributed by atoms with van der Waals surface area (Å²) in [6, 6.07) is 3.48. The van der Waals surface area contributed by atoms with E-state index in [1.165, 1.54) is 42.1 Å². The van der Waals surface area contributed by atoms with Crippen LogP contribution in [0.4, 0.5) is 5.00 Å². The molecule has 0 unspecified atom stereocenters. The van der Waals surface area contributed by atoms with Gasteiger partial charge in [-0.05, 0) is 61.7 Å². The third-order valence-electron chi connectivity index (χ3n) is 4.47. The summed E-state index contributed by atoms with van der Waals surface area (Å²) in [6.07, 6.45) is 10.7. The van der Waals surface area contributed by atoms with Crippen LogP contribution < -0.4 is 10.6 Å². The van der Waals surface area contributed by atoms with Crippen LogP contribution in [-0.4, -0.2) is 24.1 Å². The Balaban J connectivity index is 1.73. The molecule has 8 heteroatoms. The number of esters is 1. The van der Waals surface area contributed by atoms with Crippen molar-refractivity contribution in [1.82, 2.24) is 5.32 Å². The maximum atomic E-state index is 12.4. The van der Waals surface area contributed by atoms with Gasteiger partial charge in [0.25, 0.3) is 0 Å². The van der Waals surface area contributed by atoms with Gasteiger partial charge in [0.05, 0.1) is 18.9 Å². The maximum absolute atomic E-state index is 12.4. The fourth-order valence-corrected chi connectivity index (χ4v) is 4.71. The fraction of sp³-hybridized carbons (Fsp3) is 0.350. The van der Waals surface area contributed by atoms with Gasteiger partial charge in [-0.1, -0.05) is 12.8 Å². The number of thiocarbonyl (C=S) groups is 1. The van der Waals surface area contributed by atoms with Gasteiger partial charge in [-0.25, -0.2) is 4.79 Å². The van der Waals surface area contributed by atoms with Crippen molar-refractivity contribution in [1.29, 1.82) is 0 Å². The van der Waals surface area contributed by atoms with E-state index in [1.807, 2.05) is 0 Å². The summed E-state index contributed by atoms with van der Waals surface area (Å²) in [7, 11) is 1.37. The molecular formula is C20H22N2O4S2. The second kappa shape index (κ2) is 9.66. The molecule has 2 N–H and O–H groups in total. The second-order valence-corrected chi connectivity index (χ2v) is 7.92. The summed E-state index contributed by atoms with van der Waals surface area (Å²) >= 11 is 6.77. The average molecular weight is 419 g/mol. The fourth-order valence-electron chi connectivity index (χ4n) is 3.16. The van der Waals surface area contributed by atoms with E-state index in [0.717, 1.165) is 37.7 Å². The van der Waals surface area contributed by atoms with E-state index in [4.69, 9.17) is 21.4 Å². The largest absolute Gasteiger partial charge is 0.465 e. The van der Waals surface area contributed by atoms with E-state index in [0.29, 0.717) is 16.3 Å². The molecule has 3 rings (SSSR count). The quantitative estimate of drug-likeness (QED) is 0.437. The zero-order valence-corrected chi connectivity index (χ0v) is 17.2. The van der Waals surface area contributed by atoms with E-state index < -0.39 is 0 Å². The van der Waals surface area contributed by atoms with Crippen LogP contribution in [0.5, 0.6) is 0 Å². The predicted molar refractivity (Wildman–Crippen MR) is 114 cm³/mol. The molecular weight excluding hydrogens is 396 g/mol. The third-order valence-corrected chi connectivity index (χ3v) is 5.88. The van der Waals surface area contributed by atoms with Crippen molar-refractivity contribution in [2.75, 3.05) is 12.4 Å². The Hall–Kier alpha value is -2.45. The monoisotopic (exact) mass is 418 g/mol. The van der Waals surface area contributed by atoms with Crippen molar-refractivity contribution >= 4 is 51.6 Å². The molecule has 1 aliphatic carbocycles. The lowest BCUT2D eigenvalue weighted by Gasteiger charge is -2.11. The van der Waals surface area contributed by atoms with E-state index in [1.54, 1.807) is 18.2 Å². The van der Waals surface area contributed by atoms with Gasteiger partial charge in [0, 0.05) is 11.0 Å². The second-order valence-electron chi connectivity index (χ2n) is 6.41. The molecule has 0 radical (unpaired) electrons. The smallest absolute Gasteiger partial charge is 0.341 e.